The average molecular weight is 238 g/mol. The highest BCUT2D eigenvalue weighted by atomic mass is 16.5. The number of hydrogen-bond donors (Lipinski definition) is 2. The van der Waals surface area contributed by atoms with Crippen LogP contribution in [0.3, 0.4) is 0 Å². The van der Waals surface area contributed by atoms with E-state index in [0.717, 1.165) is 23.5 Å². The Morgan fingerprint density at radius 2 is 1.94 bits per heavy atom. The van der Waals surface area contributed by atoms with Crippen LogP contribution in [0.2, 0.25) is 0 Å². The quantitative estimate of drug-likeness (QED) is 0.760. The Bertz CT molecular complexity index is 342. The minimum absolute atomic E-state index is 0.158. The van der Waals surface area contributed by atoms with Crippen LogP contribution in [0.15, 0.2) is 18.2 Å². The van der Waals surface area contributed by atoms with Crippen LogP contribution in [0.4, 0.5) is 0 Å². The molecule has 1 rings (SSSR count). The summed E-state index contributed by atoms with van der Waals surface area (Å²) in [4.78, 5) is 0. The topological polar surface area (TPSA) is 70.5 Å². The molecule has 0 amide bonds. The van der Waals surface area contributed by atoms with Crippen molar-refractivity contribution >= 4 is 0 Å². The van der Waals surface area contributed by atoms with Crippen LogP contribution in [0.1, 0.15) is 31.9 Å². The summed E-state index contributed by atoms with van der Waals surface area (Å²) in [5, 5.41) is 0. The highest BCUT2D eigenvalue weighted by Crippen LogP contribution is 2.30. The van der Waals surface area contributed by atoms with E-state index < -0.39 is 0 Å². The first kappa shape index (κ1) is 13.8. The minimum atomic E-state index is -0.158. The van der Waals surface area contributed by atoms with Gasteiger partial charge in [0.05, 0.1) is 13.2 Å². The van der Waals surface area contributed by atoms with E-state index in [1.54, 1.807) is 0 Å². The number of ether oxygens (including phenoxy) is 2. The van der Waals surface area contributed by atoms with Crippen LogP contribution >= 0.6 is 0 Å². The molecule has 0 heterocycles. The zero-order chi connectivity index (χ0) is 12.7. The maximum Gasteiger partial charge on any atom is 0.161 e. The molecule has 96 valence electrons. The summed E-state index contributed by atoms with van der Waals surface area (Å²) in [7, 11) is 0. The molecule has 1 aromatic carbocycles. The van der Waals surface area contributed by atoms with Gasteiger partial charge in [-0.15, -0.1) is 0 Å². The molecule has 0 saturated heterocycles. The summed E-state index contributed by atoms with van der Waals surface area (Å²) in [6, 6.07) is 5.58. The van der Waals surface area contributed by atoms with Crippen molar-refractivity contribution in [2.24, 2.45) is 11.5 Å². The van der Waals surface area contributed by atoms with Crippen molar-refractivity contribution in [2.75, 3.05) is 19.8 Å². The van der Waals surface area contributed by atoms with Crippen molar-refractivity contribution < 1.29 is 9.47 Å². The van der Waals surface area contributed by atoms with Gasteiger partial charge < -0.3 is 20.9 Å². The van der Waals surface area contributed by atoms with Crippen LogP contribution in [0, 0.1) is 0 Å². The van der Waals surface area contributed by atoms with E-state index in [4.69, 9.17) is 20.9 Å². The summed E-state index contributed by atoms with van der Waals surface area (Å²) in [5.41, 5.74) is 12.4. The second-order valence-electron chi connectivity index (χ2n) is 3.83. The molecule has 4 heteroatoms. The molecule has 4 nitrogen and oxygen atoms in total. The number of nitrogens with two attached hydrogens (primary N) is 2. The molecule has 0 aromatic heterocycles. The lowest BCUT2D eigenvalue weighted by atomic mass is 10.1. The molecule has 1 aromatic rings. The van der Waals surface area contributed by atoms with Crippen LogP contribution < -0.4 is 20.9 Å². The molecule has 0 aliphatic carbocycles. The largest absolute Gasteiger partial charge is 0.490 e. The first-order valence-electron chi connectivity index (χ1n) is 6.08. The number of hydrogen-bond acceptors (Lipinski definition) is 4. The molecule has 0 aliphatic rings. The van der Waals surface area contributed by atoms with Crippen LogP contribution in [0.5, 0.6) is 11.5 Å². The predicted molar refractivity (Wildman–Crippen MR) is 69.4 cm³/mol. The van der Waals surface area contributed by atoms with Crippen molar-refractivity contribution in [1.29, 1.82) is 0 Å². The molecule has 1 atom stereocenters. The zero-order valence-electron chi connectivity index (χ0n) is 10.6. The maximum absolute atomic E-state index is 5.89. The van der Waals surface area contributed by atoms with Crippen molar-refractivity contribution in [1.82, 2.24) is 0 Å². The Morgan fingerprint density at radius 1 is 1.18 bits per heavy atom. The summed E-state index contributed by atoms with van der Waals surface area (Å²) in [6.45, 7) is 5.71. The molecule has 0 fully saturated rings. The molecule has 17 heavy (non-hydrogen) atoms. The monoisotopic (exact) mass is 238 g/mol. The minimum Gasteiger partial charge on any atom is -0.490 e. The van der Waals surface area contributed by atoms with E-state index in [0.29, 0.717) is 19.8 Å². The third kappa shape index (κ3) is 3.91. The Balaban J connectivity index is 2.90. The Hall–Kier alpha value is -1.26. The van der Waals surface area contributed by atoms with Gasteiger partial charge in [0, 0.05) is 12.6 Å². The summed E-state index contributed by atoms with van der Waals surface area (Å²) >= 11 is 0. The molecule has 0 saturated carbocycles. The van der Waals surface area contributed by atoms with E-state index in [1.165, 1.54) is 0 Å². The Kier molecular flexibility index (Phi) is 5.80. The number of rotatable bonds is 7. The van der Waals surface area contributed by atoms with E-state index in [9.17, 15) is 0 Å². The molecular weight excluding hydrogens is 216 g/mol. The van der Waals surface area contributed by atoms with Crippen molar-refractivity contribution in [2.45, 2.75) is 26.3 Å². The first-order chi connectivity index (χ1) is 8.22. The molecule has 0 radical (unpaired) electrons. The lowest BCUT2D eigenvalue weighted by Gasteiger charge is -2.15. The van der Waals surface area contributed by atoms with Gasteiger partial charge in [0.1, 0.15) is 0 Å². The third-order valence-electron chi connectivity index (χ3n) is 2.41. The summed E-state index contributed by atoms with van der Waals surface area (Å²) in [6.07, 6.45) is 0.968. The van der Waals surface area contributed by atoms with E-state index in [2.05, 4.69) is 6.92 Å². The molecular formula is C13H22N2O2. The number of benzene rings is 1. The Labute approximate surface area is 103 Å². The Morgan fingerprint density at radius 3 is 2.53 bits per heavy atom. The fraction of sp³-hybridized carbons (Fsp3) is 0.538. The van der Waals surface area contributed by atoms with E-state index in [1.807, 2.05) is 25.1 Å². The average Bonchev–Trinajstić information content (AvgIpc) is 2.36. The van der Waals surface area contributed by atoms with Gasteiger partial charge in [-0.2, -0.15) is 0 Å². The second kappa shape index (κ2) is 7.14. The van der Waals surface area contributed by atoms with Gasteiger partial charge in [0.2, 0.25) is 0 Å². The second-order valence-corrected chi connectivity index (χ2v) is 3.83. The van der Waals surface area contributed by atoms with E-state index >= 15 is 0 Å². The normalized spacial score (nSPS) is 12.2. The lowest BCUT2D eigenvalue weighted by molar-refractivity contribution is 0.276. The molecule has 4 N–H and O–H groups in total. The summed E-state index contributed by atoms with van der Waals surface area (Å²) < 4.78 is 11.2. The van der Waals surface area contributed by atoms with E-state index in [-0.39, 0.29) is 6.04 Å². The van der Waals surface area contributed by atoms with Crippen molar-refractivity contribution in [3.63, 3.8) is 0 Å². The predicted octanol–water partition coefficient (Wildman–Crippen LogP) is 1.83. The maximum atomic E-state index is 5.89. The van der Waals surface area contributed by atoms with Gasteiger partial charge in [0.25, 0.3) is 0 Å². The molecule has 0 spiro atoms. The third-order valence-corrected chi connectivity index (χ3v) is 2.41. The van der Waals surface area contributed by atoms with Crippen LogP contribution in [0.25, 0.3) is 0 Å². The van der Waals surface area contributed by atoms with Gasteiger partial charge in [-0.05, 0) is 31.0 Å². The molecule has 0 aliphatic heterocycles. The first-order valence-corrected chi connectivity index (χ1v) is 6.08. The zero-order valence-corrected chi connectivity index (χ0v) is 10.6. The molecule has 0 bridgehead atoms. The van der Waals surface area contributed by atoms with Crippen molar-refractivity contribution in [3.8, 4) is 11.5 Å². The van der Waals surface area contributed by atoms with Gasteiger partial charge in [-0.3, -0.25) is 0 Å². The van der Waals surface area contributed by atoms with Gasteiger partial charge in [0.15, 0.2) is 11.5 Å². The van der Waals surface area contributed by atoms with Crippen LogP contribution in [-0.2, 0) is 0 Å². The lowest BCUT2D eigenvalue weighted by Crippen LogP contribution is -2.20. The SMILES string of the molecule is CCCOc1ccc([C@@H](N)CN)cc1OCC. The van der Waals surface area contributed by atoms with Gasteiger partial charge in [-0.25, -0.2) is 0 Å². The smallest absolute Gasteiger partial charge is 0.161 e. The van der Waals surface area contributed by atoms with Gasteiger partial charge in [-0.1, -0.05) is 13.0 Å². The highest BCUT2D eigenvalue weighted by Gasteiger charge is 2.10. The standard InChI is InChI=1S/C13H22N2O2/c1-3-7-17-12-6-5-10(11(15)9-14)8-13(12)16-4-2/h5-6,8,11H,3-4,7,9,14-15H2,1-2H3/t11-/m0/s1. The van der Waals surface area contributed by atoms with Crippen LogP contribution in [-0.4, -0.2) is 19.8 Å². The van der Waals surface area contributed by atoms with Gasteiger partial charge >= 0.3 is 0 Å². The summed E-state index contributed by atoms with van der Waals surface area (Å²) in [5.74, 6) is 1.50. The van der Waals surface area contributed by atoms with Crippen molar-refractivity contribution in [3.05, 3.63) is 23.8 Å². The highest BCUT2D eigenvalue weighted by molar-refractivity contribution is 5.44. The molecule has 0 unspecified atom stereocenters. The fourth-order valence-electron chi connectivity index (χ4n) is 1.49. The fourth-order valence-corrected chi connectivity index (χ4v) is 1.49.